The second kappa shape index (κ2) is 7.70. The summed E-state index contributed by atoms with van der Waals surface area (Å²) in [6.07, 6.45) is 5.32. The van der Waals surface area contributed by atoms with E-state index in [0.29, 0.717) is 19.7 Å². The molecule has 2 rings (SSSR count). The van der Waals surface area contributed by atoms with Gasteiger partial charge in [0, 0.05) is 19.1 Å². The number of piperidine rings is 2. The summed E-state index contributed by atoms with van der Waals surface area (Å²) in [7, 11) is -3.34. The van der Waals surface area contributed by atoms with Gasteiger partial charge >= 0.3 is 0 Å². The summed E-state index contributed by atoms with van der Waals surface area (Å²) in [5, 5.41) is 3.28. The lowest BCUT2D eigenvalue weighted by molar-refractivity contribution is 0.0364. The van der Waals surface area contributed by atoms with Crippen molar-refractivity contribution < 1.29 is 13.2 Å². The molecule has 2 saturated heterocycles. The van der Waals surface area contributed by atoms with Crippen molar-refractivity contribution in [2.45, 2.75) is 51.2 Å². The minimum Gasteiger partial charge on any atom is -0.377 e. The van der Waals surface area contributed by atoms with Crippen molar-refractivity contribution in [3.63, 3.8) is 0 Å². The molecular formula is C13H27N3O3S. The van der Waals surface area contributed by atoms with Gasteiger partial charge < -0.3 is 10.1 Å². The maximum Gasteiger partial charge on any atom is 0.279 e. The first-order valence-electron chi connectivity index (χ1n) is 7.68. The van der Waals surface area contributed by atoms with Gasteiger partial charge in [0.1, 0.15) is 0 Å². The van der Waals surface area contributed by atoms with Crippen molar-refractivity contribution in [1.82, 2.24) is 14.3 Å². The van der Waals surface area contributed by atoms with Gasteiger partial charge in [-0.15, -0.1) is 0 Å². The van der Waals surface area contributed by atoms with Crippen LogP contribution in [0.2, 0.25) is 0 Å². The molecule has 0 aromatic heterocycles. The second-order valence-electron chi connectivity index (χ2n) is 5.68. The Labute approximate surface area is 122 Å². The third kappa shape index (κ3) is 4.66. The molecule has 0 aromatic carbocycles. The minimum absolute atomic E-state index is 0.103. The van der Waals surface area contributed by atoms with Gasteiger partial charge in [0.2, 0.25) is 0 Å². The van der Waals surface area contributed by atoms with Crippen LogP contribution >= 0.6 is 0 Å². The van der Waals surface area contributed by atoms with Gasteiger partial charge in [-0.2, -0.15) is 17.4 Å². The normalized spacial score (nSPS) is 26.8. The SMILES string of the molecule is CC1CCCCN1S(=O)(=O)NCCOC1CCNCC1. The molecule has 1 atom stereocenters. The van der Waals surface area contributed by atoms with Crippen molar-refractivity contribution in [3.05, 3.63) is 0 Å². The van der Waals surface area contributed by atoms with Gasteiger partial charge in [0.15, 0.2) is 0 Å². The molecule has 0 amide bonds. The van der Waals surface area contributed by atoms with Gasteiger partial charge in [-0.1, -0.05) is 6.42 Å². The molecule has 2 fully saturated rings. The Hall–Kier alpha value is -0.210. The van der Waals surface area contributed by atoms with Crippen LogP contribution in [0.25, 0.3) is 0 Å². The summed E-state index contributed by atoms with van der Waals surface area (Å²) < 4.78 is 34.3. The lowest BCUT2D eigenvalue weighted by Gasteiger charge is -2.32. The van der Waals surface area contributed by atoms with Crippen LogP contribution in [0.4, 0.5) is 0 Å². The number of ether oxygens (including phenoxy) is 1. The second-order valence-corrected chi connectivity index (χ2v) is 7.38. The predicted octanol–water partition coefficient (Wildman–Crippen LogP) is 0.464. The zero-order valence-electron chi connectivity index (χ0n) is 12.3. The molecule has 2 aliphatic heterocycles. The number of rotatable bonds is 6. The molecule has 7 heteroatoms. The molecule has 0 aromatic rings. The summed E-state index contributed by atoms with van der Waals surface area (Å²) in [4.78, 5) is 0. The van der Waals surface area contributed by atoms with E-state index in [1.54, 1.807) is 4.31 Å². The van der Waals surface area contributed by atoms with E-state index in [2.05, 4.69) is 10.0 Å². The molecule has 0 spiro atoms. The highest BCUT2D eigenvalue weighted by Crippen LogP contribution is 2.18. The van der Waals surface area contributed by atoms with Crippen LogP contribution in [0.1, 0.15) is 39.0 Å². The first-order chi connectivity index (χ1) is 9.59. The summed E-state index contributed by atoms with van der Waals surface area (Å²) in [6.45, 7) is 5.39. The van der Waals surface area contributed by atoms with Crippen LogP contribution in [0.5, 0.6) is 0 Å². The van der Waals surface area contributed by atoms with Crippen LogP contribution in [0.3, 0.4) is 0 Å². The molecule has 2 heterocycles. The monoisotopic (exact) mass is 305 g/mol. The average Bonchev–Trinajstić information content (AvgIpc) is 2.45. The summed E-state index contributed by atoms with van der Waals surface area (Å²) in [5.41, 5.74) is 0. The fraction of sp³-hybridized carbons (Fsp3) is 1.00. The molecule has 6 nitrogen and oxygen atoms in total. The standard InChI is InChI=1S/C13H27N3O3S/c1-12-4-2-3-10-16(12)20(17,18)15-9-11-19-13-5-7-14-8-6-13/h12-15H,2-11H2,1H3. The molecule has 0 aliphatic carbocycles. The van der Waals surface area contributed by atoms with E-state index in [0.717, 1.165) is 45.2 Å². The molecular weight excluding hydrogens is 278 g/mol. The largest absolute Gasteiger partial charge is 0.377 e. The van der Waals surface area contributed by atoms with Gasteiger partial charge in [-0.25, -0.2) is 0 Å². The average molecular weight is 305 g/mol. The molecule has 1 unspecified atom stereocenters. The zero-order chi connectivity index (χ0) is 14.4. The quantitative estimate of drug-likeness (QED) is 0.700. The highest BCUT2D eigenvalue weighted by molar-refractivity contribution is 7.87. The van der Waals surface area contributed by atoms with E-state index in [1.807, 2.05) is 6.92 Å². The van der Waals surface area contributed by atoms with E-state index in [-0.39, 0.29) is 12.1 Å². The molecule has 118 valence electrons. The smallest absolute Gasteiger partial charge is 0.279 e. The van der Waals surface area contributed by atoms with Crippen LogP contribution in [-0.2, 0) is 14.9 Å². The lowest BCUT2D eigenvalue weighted by Crippen LogP contribution is -2.48. The Morgan fingerprint density at radius 2 is 2.00 bits per heavy atom. The van der Waals surface area contributed by atoms with E-state index in [9.17, 15) is 8.42 Å². The number of hydrogen-bond donors (Lipinski definition) is 2. The molecule has 2 aliphatic rings. The molecule has 0 bridgehead atoms. The summed E-state index contributed by atoms with van der Waals surface area (Å²) in [5.74, 6) is 0. The Morgan fingerprint density at radius 3 is 2.70 bits per heavy atom. The van der Waals surface area contributed by atoms with E-state index in [4.69, 9.17) is 4.74 Å². The molecule has 0 saturated carbocycles. The van der Waals surface area contributed by atoms with Crippen molar-refractivity contribution >= 4 is 10.2 Å². The third-order valence-electron chi connectivity index (χ3n) is 4.08. The number of hydrogen-bond acceptors (Lipinski definition) is 4. The van der Waals surface area contributed by atoms with Crippen molar-refractivity contribution in [2.75, 3.05) is 32.8 Å². The maximum atomic E-state index is 12.2. The fourth-order valence-electron chi connectivity index (χ4n) is 2.87. The maximum absolute atomic E-state index is 12.2. The minimum atomic E-state index is -3.34. The lowest BCUT2D eigenvalue weighted by atomic mass is 10.1. The summed E-state index contributed by atoms with van der Waals surface area (Å²) >= 11 is 0. The Kier molecular flexibility index (Phi) is 6.22. The van der Waals surface area contributed by atoms with Crippen LogP contribution in [0, 0.1) is 0 Å². The fourth-order valence-corrected chi connectivity index (χ4v) is 4.33. The third-order valence-corrected chi connectivity index (χ3v) is 5.81. The highest BCUT2D eigenvalue weighted by Gasteiger charge is 2.28. The Bertz CT molecular complexity index is 382. The molecule has 2 N–H and O–H groups in total. The number of nitrogens with zero attached hydrogens (tertiary/aromatic N) is 1. The first kappa shape index (κ1) is 16.2. The van der Waals surface area contributed by atoms with E-state index < -0.39 is 10.2 Å². The zero-order valence-corrected chi connectivity index (χ0v) is 13.1. The van der Waals surface area contributed by atoms with Crippen LogP contribution < -0.4 is 10.0 Å². The molecule has 0 radical (unpaired) electrons. The topological polar surface area (TPSA) is 70.7 Å². The Balaban J connectivity index is 1.69. The van der Waals surface area contributed by atoms with Gasteiger partial charge in [-0.3, -0.25) is 0 Å². The van der Waals surface area contributed by atoms with Gasteiger partial charge in [0.25, 0.3) is 10.2 Å². The first-order valence-corrected chi connectivity index (χ1v) is 9.12. The van der Waals surface area contributed by atoms with E-state index >= 15 is 0 Å². The van der Waals surface area contributed by atoms with Gasteiger partial charge in [0.05, 0.1) is 12.7 Å². The van der Waals surface area contributed by atoms with Crippen molar-refractivity contribution in [3.8, 4) is 0 Å². The Morgan fingerprint density at radius 1 is 1.25 bits per heavy atom. The number of nitrogens with one attached hydrogen (secondary N) is 2. The van der Waals surface area contributed by atoms with Crippen molar-refractivity contribution in [1.29, 1.82) is 0 Å². The summed E-state index contributed by atoms with van der Waals surface area (Å²) in [6, 6.07) is 0.103. The van der Waals surface area contributed by atoms with Crippen LogP contribution in [-0.4, -0.2) is 57.7 Å². The van der Waals surface area contributed by atoms with E-state index in [1.165, 1.54) is 0 Å². The highest BCUT2D eigenvalue weighted by atomic mass is 32.2. The predicted molar refractivity (Wildman–Crippen MR) is 78.8 cm³/mol. The molecule has 20 heavy (non-hydrogen) atoms. The van der Waals surface area contributed by atoms with Gasteiger partial charge in [-0.05, 0) is 45.7 Å². The van der Waals surface area contributed by atoms with Crippen LogP contribution in [0.15, 0.2) is 0 Å². The van der Waals surface area contributed by atoms with Crippen molar-refractivity contribution in [2.24, 2.45) is 0 Å².